The summed E-state index contributed by atoms with van der Waals surface area (Å²) in [6.45, 7) is 0. The molecule has 7 heteroatoms. The molecule has 0 spiro atoms. The van der Waals surface area contributed by atoms with E-state index in [0.29, 0.717) is 5.69 Å². The number of benzene rings is 1. The third-order valence-corrected chi connectivity index (χ3v) is 4.20. The highest BCUT2D eigenvalue weighted by Crippen LogP contribution is 2.30. The number of carbonyl (C=O) groups is 1. The lowest BCUT2D eigenvalue weighted by molar-refractivity contribution is -0.384. The molecular formula is C16H18N4O3. The second kappa shape index (κ2) is 6.20. The van der Waals surface area contributed by atoms with Crippen molar-refractivity contribution in [2.24, 2.45) is 7.05 Å². The fourth-order valence-electron chi connectivity index (χ4n) is 2.95. The topological polar surface area (TPSA) is 90.1 Å². The van der Waals surface area contributed by atoms with Crippen LogP contribution in [0.15, 0.2) is 30.6 Å². The van der Waals surface area contributed by atoms with Crippen molar-refractivity contribution < 1.29 is 9.72 Å². The average Bonchev–Trinajstić information content (AvgIpc) is 3.18. The minimum atomic E-state index is -0.452. The smallest absolute Gasteiger partial charge is 0.293 e. The van der Waals surface area contributed by atoms with E-state index in [4.69, 9.17) is 0 Å². The molecule has 0 radical (unpaired) electrons. The molecule has 23 heavy (non-hydrogen) atoms. The highest BCUT2D eigenvalue weighted by molar-refractivity contribution is 6.07. The number of carbonyl (C=O) groups excluding carboxylic acids is 1. The van der Waals surface area contributed by atoms with Crippen LogP contribution >= 0.6 is 0 Å². The van der Waals surface area contributed by atoms with Crippen LogP contribution in [0.3, 0.4) is 0 Å². The third-order valence-electron chi connectivity index (χ3n) is 4.20. The summed E-state index contributed by atoms with van der Waals surface area (Å²) in [5.41, 5.74) is 0.665. The average molecular weight is 314 g/mol. The molecule has 0 amide bonds. The van der Waals surface area contributed by atoms with Gasteiger partial charge in [0.15, 0.2) is 5.82 Å². The van der Waals surface area contributed by atoms with Gasteiger partial charge >= 0.3 is 0 Å². The van der Waals surface area contributed by atoms with Crippen LogP contribution in [0.1, 0.15) is 41.9 Å². The molecule has 0 unspecified atom stereocenters. The first-order valence-electron chi connectivity index (χ1n) is 7.63. The van der Waals surface area contributed by atoms with Gasteiger partial charge in [0, 0.05) is 37.1 Å². The maximum Gasteiger partial charge on any atom is 0.293 e. The van der Waals surface area contributed by atoms with E-state index < -0.39 is 4.92 Å². The highest BCUT2D eigenvalue weighted by Gasteiger charge is 2.23. The zero-order valence-corrected chi connectivity index (χ0v) is 12.9. The van der Waals surface area contributed by atoms with E-state index in [2.05, 4.69) is 10.3 Å². The van der Waals surface area contributed by atoms with Crippen LogP contribution in [0.4, 0.5) is 11.4 Å². The van der Waals surface area contributed by atoms with Crippen LogP contribution in [-0.4, -0.2) is 26.3 Å². The number of hydrogen-bond acceptors (Lipinski definition) is 5. The van der Waals surface area contributed by atoms with E-state index in [1.807, 2.05) is 0 Å². The van der Waals surface area contributed by atoms with Gasteiger partial charge in [-0.25, -0.2) is 4.98 Å². The van der Waals surface area contributed by atoms with E-state index in [9.17, 15) is 14.9 Å². The SMILES string of the molecule is Cn1ccnc1C(=O)c1ccc(NC2CCCC2)c([N+](=O)[O-])c1. The number of nitro groups is 1. The number of ketones is 1. The number of anilines is 1. The Bertz CT molecular complexity index is 748. The molecule has 0 saturated heterocycles. The Kier molecular flexibility index (Phi) is 4.10. The van der Waals surface area contributed by atoms with E-state index in [-0.39, 0.29) is 28.9 Å². The summed E-state index contributed by atoms with van der Waals surface area (Å²) in [5.74, 6) is -0.0659. The first kappa shape index (κ1) is 15.2. The van der Waals surface area contributed by atoms with Crippen molar-refractivity contribution in [2.45, 2.75) is 31.7 Å². The number of aryl methyl sites for hydroxylation is 1. The molecule has 1 aromatic heterocycles. The summed E-state index contributed by atoms with van der Waals surface area (Å²) in [5, 5.41) is 14.6. The fraction of sp³-hybridized carbons (Fsp3) is 0.375. The number of imidazole rings is 1. The van der Waals surface area contributed by atoms with Gasteiger partial charge in [-0.15, -0.1) is 0 Å². The van der Waals surface area contributed by atoms with Crippen molar-refractivity contribution >= 4 is 17.2 Å². The van der Waals surface area contributed by atoms with Crippen LogP contribution in [0.25, 0.3) is 0 Å². The predicted octanol–water partition coefficient (Wildman–Crippen LogP) is 2.91. The van der Waals surface area contributed by atoms with E-state index in [1.54, 1.807) is 29.9 Å². The standard InChI is InChI=1S/C16H18N4O3/c1-19-9-8-17-16(19)15(21)11-6-7-13(14(10-11)20(22)23)18-12-4-2-3-5-12/h6-10,12,18H,2-5H2,1H3. The van der Waals surface area contributed by atoms with Crippen molar-refractivity contribution in [2.75, 3.05) is 5.32 Å². The van der Waals surface area contributed by atoms with Crippen LogP contribution in [0.2, 0.25) is 0 Å². The molecule has 0 bridgehead atoms. The van der Waals surface area contributed by atoms with Gasteiger partial charge in [0.1, 0.15) is 5.69 Å². The molecule has 2 aromatic rings. The molecular weight excluding hydrogens is 296 g/mol. The molecule has 120 valence electrons. The summed E-state index contributed by atoms with van der Waals surface area (Å²) in [7, 11) is 1.71. The lowest BCUT2D eigenvalue weighted by atomic mass is 10.1. The molecule has 1 aliphatic carbocycles. The van der Waals surface area contributed by atoms with Crippen LogP contribution < -0.4 is 5.32 Å². The maximum atomic E-state index is 12.4. The Morgan fingerprint density at radius 2 is 2.13 bits per heavy atom. The lowest BCUT2D eigenvalue weighted by Gasteiger charge is -2.14. The van der Waals surface area contributed by atoms with Gasteiger partial charge in [-0.05, 0) is 25.0 Å². The van der Waals surface area contributed by atoms with Crippen molar-refractivity contribution in [3.63, 3.8) is 0 Å². The summed E-state index contributed by atoms with van der Waals surface area (Å²) in [6, 6.07) is 4.83. The molecule has 1 aromatic carbocycles. The molecule has 1 fully saturated rings. The van der Waals surface area contributed by atoms with Gasteiger partial charge < -0.3 is 9.88 Å². The van der Waals surface area contributed by atoms with Gasteiger partial charge in [-0.2, -0.15) is 0 Å². The number of rotatable bonds is 5. The first-order valence-corrected chi connectivity index (χ1v) is 7.63. The van der Waals surface area contributed by atoms with E-state index in [0.717, 1.165) is 25.7 Å². The van der Waals surface area contributed by atoms with Gasteiger partial charge in [0.2, 0.25) is 5.78 Å². The molecule has 0 aliphatic heterocycles. The fourth-order valence-corrected chi connectivity index (χ4v) is 2.95. The molecule has 1 saturated carbocycles. The Balaban J connectivity index is 1.91. The van der Waals surface area contributed by atoms with Crippen molar-refractivity contribution in [1.29, 1.82) is 0 Å². The summed E-state index contributed by atoms with van der Waals surface area (Å²) >= 11 is 0. The predicted molar refractivity (Wildman–Crippen MR) is 85.6 cm³/mol. The molecule has 1 N–H and O–H groups in total. The minimum absolute atomic E-state index is 0.0723. The Hall–Kier alpha value is -2.70. The van der Waals surface area contributed by atoms with Crippen LogP contribution in [-0.2, 0) is 7.05 Å². The number of nitro benzene ring substituents is 1. The summed E-state index contributed by atoms with van der Waals surface area (Å²) in [4.78, 5) is 27.3. The second-order valence-electron chi connectivity index (χ2n) is 5.81. The number of aromatic nitrogens is 2. The van der Waals surface area contributed by atoms with Gasteiger partial charge in [0.25, 0.3) is 5.69 Å². The maximum absolute atomic E-state index is 12.4. The van der Waals surface area contributed by atoms with Crippen molar-refractivity contribution in [3.05, 3.63) is 52.1 Å². The molecule has 7 nitrogen and oxygen atoms in total. The van der Waals surface area contributed by atoms with Crippen LogP contribution in [0, 0.1) is 10.1 Å². The normalized spacial score (nSPS) is 14.8. The summed E-state index contributed by atoms with van der Waals surface area (Å²) in [6.07, 6.45) is 7.51. The molecule has 1 heterocycles. The largest absolute Gasteiger partial charge is 0.377 e. The second-order valence-corrected chi connectivity index (χ2v) is 5.81. The minimum Gasteiger partial charge on any atom is -0.377 e. The summed E-state index contributed by atoms with van der Waals surface area (Å²) < 4.78 is 1.60. The Labute approximate surface area is 133 Å². The first-order chi connectivity index (χ1) is 11.1. The number of nitrogens with zero attached hydrogens (tertiary/aromatic N) is 3. The van der Waals surface area contributed by atoms with Crippen LogP contribution in [0.5, 0.6) is 0 Å². The lowest BCUT2D eigenvalue weighted by Crippen LogP contribution is -2.16. The van der Waals surface area contributed by atoms with Gasteiger partial charge in [-0.1, -0.05) is 12.8 Å². The molecule has 1 aliphatic rings. The van der Waals surface area contributed by atoms with Crippen molar-refractivity contribution in [1.82, 2.24) is 9.55 Å². The van der Waals surface area contributed by atoms with E-state index in [1.165, 1.54) is 12.3 Å². The zero-order chi connectivity index (χ0) is 16.4. The van der Waals surface area contributed by atoms with Crippen molar-refractivity contribution in [3.8, 4) is 0 Å². The number of hydrogen-bond donors (Lipinski definition) is 1. The zero-order valence-electron chi connectivity index (χ0n) is 12.9. The third kappa shape index (κ3) is 3.08. The number of nitrogens with one attached hydrogen (secondary N) is 1. The quantitative estimate of drug-likeness (QED) is 0.520. The molecule has 0 atom stereocenters. The van der Waals surface area contributed by atoms with E-state index >= 15 is 0 Å². The Morgan fingerprint density at radius 3 is 2.74 bits per heavy atom. The Morgan fingerprint density at radius 1 is 1.39 bits per heavy atom. The molecule has 3 rings (SSSR count). The highest BCUT2D eigenvalue weighted by atomic mass is 16.6. The van der Waals surface area contributed by atoms with Gasteiger partial charge in [0.05, 0.1) is 4.92 Å². The monoisotopic (exact) mass is 314 g/mol. The van der Waals surface area contributed by atoms with Gasteiger partial charge in [-0.3, -0.25) is 14.9 Å².